The average molecular weight is 182 g/mol. The van der Waals surface area contributed by atoms with E-state index in [-0.39, 0.29) is 11.9 Å². The van der Waals surface area contributed by atoms with Crippen molar-refractivity contribution in [2.24, 2.45) is 0 Å². The molecule has 2 heteroatoms. The van der Waals surface area contributed by atoms with E-state index in [0.717, 1.165) is 5.56 Å². The van der Waals surface area contributed by atoms with E-state index >= 15 is 0 Å². The second kappa shape index (κ2) is 4.38. The lowest BCUT2D eigenvalue weighted by molar-refractivity contribution is 0.0639. The molecule has 1 aromatic rings. The van der Waals surface area contributed by atoms with Gasteiger partial charge in [0.2, 0.25) is 0 Å². The van der Waals surface area contributed by atoms with Crippen LogP contribution < -0.4 is 0 Å². The van der Waals surface area contributed by atoms with Gasteiger partial charge in [0.25, 0.3) is 0 Å². The molecule has 0 saturated heterocycles. The van der Waals surface area contributed by atoms with Crippen LogP contribution >= 0.6 is 0 Å². The van der Waals surface area contributed by atoms with Crippen LogP contribution in [0, 0.1) is 12.7 Å². The number of hydrogen-bond donors (Lipinski definition) is 0. The molecule has 0 bridgehead atoms. The molecule has 13 heavy (non-hydrogen) atoms. The van der Waals surface area contributed by atoms with Gasteiger partial charge in [-0.15, -0.1) is 0 Å². The van der Waals surface area contributed by atoms with Gasteiger partial charge in [0.15, 0.2) is 0 Å². The Hall–Kier alpha value is -0.890. The minimum Gasteiger partial charge on any atom is -0.374 e. The summed E-state index contributed by atoms with van der Waals surface area (Å²) in [4.78, 5) is 0. The van der Waals surface area contributed by atoms with Gasteiger partial charge in [-0.25, -0.2) is 4.39 Å². The van der Waals surface area contributed by atoms with Crippen molar-refractivity contribution >= 4 is 0 Å². The second-order valence-electron chi connectivity index (χ2n) is 3.45. The molecule has 1 nitrogen and oxygen atoms in total. The van der Waals surface area contributed by atoms with Crippen LogP contribution in [-0.4, -0.2) is 6.10 Å². The van der Waals surface area contributed by atoms with Crippen LogP contribution in [-0.2, 0) is 11.3 Å². The van der Waals surface area contributed by atoms with Crippen molar-refractivity contribution in [3.05, 3.63) is 35.1 Å². The molecule has 0 unspecified atom stereocenters. The Kier molecular flexibility index (Phi) is 3.43. The highest BCUT2D eigenvalue weighted by Gasteiger charge is 2.02. The molecule has 0 aliphatic heterocycles. The van der Waals surface area contributed by atoms with Gasteiger partial charge in [0.05, 0.1) is 12.7 Å². The Morgan fingerprint density at radius 2 is 2.08 bits per heavy atom. The SMILES string of the molecule is Cc1ccc(COC(C)C)c(F)c1. The van der Waals surface area contributed by atoms with Crippen molar-refractivity contribution in [3.63, 3.8) is 0 Å². The van der Waals surface area contributed by atoms with E-state index in [9.17, 15) is 4.39 Å². The maximum Gasteiger partial charge on any atom is 0.128 e. The number of ether oxygens (including phenoxy) is 1. The molecular weight excluding hydrogens is 167 g/mol. The number of rotatable bonds is 3. The molecular formula is C11H15FO. The van der Waals surface area contributed by atoms with E-state index in [4.69, 9.17) is 4.74 Å². The zero-order chi connectivity index (χ0) is 9.84. The highest BCUT2D eigenvalue weighted by molar-refractivity contribution is 5.22. The Labute approximate surface area is 78.5 Å². The number of halogens is 1. The summed E-state index contributed by atoms with van der Waals surface area (Å²) in [7, 11) is 0. The largest absolute Gasteiger partial charge is 0.374 e. The lowest BCUT2D eigenvalue weighted by atomic mass is 10.1. The third-order valence-corrected chi connectivity index (χ3v) is 1.78. The van der Waals surface area contributed by atoms with Crippen molar-refractivity contribution in [3.8, 4) is 0 Å². The topological polar surface area (TPSA) is 9.23 Å². The van der Waals surface area contributed by atoms with Crippen LogP contribution in [0.4, 0.5) is 4.39 Å². The Balaban J connectivity index is 2.67. The average Bonchev–Trinajstić information content (AvgIpc) is 2.02. The molecule has 0 saturated carbocycles. The molecule has 0 aliphatic rings. The predicted octanol–water partition coefficient (Wildman–Crippen LogP) is 3.06. The number of hydrogen-bond acceptors (Lipinski definition) is 1. The molecule has 1 rings (SSSR count). The lowest BCUT2D eigenvalue weighted by Gasteiger charge is -2.08. The summed E-state index contributed by atoms with van der Waals surface area (Å²) in [5.41, 5.74) is 1.56. The first-order valence-electron chi connectivity index (χ1n) is 4.46. The van der Waals surface area contributed by atoms with Gasteiger partial charge in [0, 0.05) is 5.56 Å². The third-order valence-electron chi connectivity index (χ3n) is 1.78. The predicted molar refractivity (Wildman–Crippen MR) is 51.1 cm³/mol. The van der Waals surface area contributed by atoms with Crippen molar-refractivity contribution in [1.29, 1.82) is 0 Å². The molecule has 0 aliphatic carbocycles. The van der Waals surface area contributed by atoms with E-state index in [1.54, 1.807) is 6.07 Å². The Morgan fingerprint density at radius 1 is 1.38 bits per heavy atom. The minimum atomic E-state index is -0.180. The summed E-state index contributed by atoms with van der Waals surface area (Å²) in [6.45, 7) is 6.10. The van der Waals surface area contributed by atoms with E-state index in [1.165, 1.54) is 6.07 Å². The van der Waals surface area contributed by atoms with Crippen molar-refractivity contribution in [2.45, 2.75) is 33.5 Å². The third kappa shape index (κ3) is 3.15. The molecule has 1 aromatic carbocycles. The van der Waals surface area contributed by atoms with Crippen LogP contribution in [0.3, 0.4) is 0 Å². The first-order valence-corrected chi connectivity index (χ1v) is 4.46. The summed E-state index contributed by atoms with van der Waals surface area (Å²) in [5, 5.41) is 0. The first kappa shape index (κ1) is 10.2. The standard InChI is InChI=1S/C11H15FO/c1-8(2)13-7-10-5-4-9(3)6-11(10)12/h4-6,8H,7H2,1-3H3. The van der Waals surface area contributed by atoms with Gasteiger partial charge in [0.1, 0.15) is 5.82 Å². The maximum absolute atomic E-state index is 13.2. The second-order valence-corrected chi connectivity index (χ2v) is 3.45. The molecule has 0 heterocycles. The summed E-state index contributed by atoms with van der Waals surface area (Å²) < 4.78 is 18.5. The molecule has 0 atom stereocenters. The van der Waals surface area contributed by atoms with Crippen LogP contribution in [0.2, 0.25) is 0 Å². The van der Waals surface area contributed by atoms with Crippen molar-refractivity contribution in [2.75, 3.05) is 0 Å². The van der Waals surface area contributed by atoms with E-state index < -0.39 is 0 Å². The lowest BCUT2D eigenvalue weighted by Crippen LogP contribution is -2.03. The quantitative estimate of drug-likeness (QED) is 0.698. The first-order chi connectivity index (χ1) is 6.09. The normalized spacial score (nSPS) is 10.8. The highest BCUT2D eigenvalue weighted by atomic mass is 19.1. The van der Waals surface area contributed by atoms with Crippen molar-refractivity contribution in [1.82, 2.24) is 0 Å². The molecule has 0 amide bonds. The van der Waals surface area contributed by atoms with Crippen molar-refractivity contribution < 1.29 is 9.13 Å². The van der Waals surface area contributed by atoms with Gasteiger partial charge in [-0.2, -0.15) is 0 Å². The summed E-state index contributed by atoms with van der Waals surface area (Å²) in [6.07, 6.45) is 0.140. The zero-order valence-corrected chi connectivity index (χ0v) is 8.30. The van der Waals surface area contributed by atoms with Crippen LogP contribution in [0.1, 0.15) is 25.0 Å². The molecule has 0 aromatic heterocycles. The molecule has 0 fully saturated rings. The highest BCUT2D eigenvalue weighted by Crippen LogP contribution is 2.11. The monoisotopic (exact) mass is 182 g/mol. The zero-order valence-electron chi connectivity index (χ0n) is 8.30. The smallest absolute Gasteiger partial charge is 0.128 e. The number of aryl methyl sites for hydroxylation is 1. The molecule has 0 radical (unpaired) electrons. The van der Waals surface area contributed by atoms with E-state index in [1.807, 2.05) is 26.8 Å². The van der Waals surface area contributed by atoms with E-state index in [2.05, 4.69) is 0 Å². The van der Waals surface area contributed by atoms with Gasteiger partial charge in [-0.3, -0.25) is 0 Å². The minimum absolute atomic E-state index is 0.140. The van der Waals surface area contributed by atoms with E-state index in [0.29, 0.717) is 12.2 Å². The fourth-order valence-corrected chi connectivity index (χ4v) is 1.03. The van der Waals surface area contributed by atoms with Crippen LogP contribution in [0.5, 0.6) is 0 Å². The van der Waals surface area contributed by atoms with Gasteiger partial charge in [-0.1, -0.05) is 12.1 Å². The summed E-state index contributed by atoms with van der Waals surface area (Å²) in [5.74, 6) is -0.180. The summed E-state index contributed by atoms with van der Waals surface area (Å²) >= 11 is 0. The van der Waals surface area contributed by atoms with Gasteiger partial charge in [-0.05, 0) is 32.4 Å². The Bertz CT molecular complexity index is 281. The van der Waals surface area contributed by atoms with Crippen LogP contribution in [0.25, 0.3) is 0 Å². The fraction of sp³-hybridized carbons (Fsp3) is 0.455. The molecule has 0 N–H and O–H groups in total. The Morgan fingerprint density at radius 3 is 2.62 bits per heavy atom. The van der Waals surface area contributed by atoms with Crippen LogP contribution in [0.15, 0.2) is 18.2 Å². The maximum atomic E-state index is 13.2. The fourth-order valence-electron chi connectivity index (χ4n) is 1.03. The van der Waals surface area contributed by atoms with Gasteiger partial charge >= 0.3 is 0 Å². The molecule has 72 valence electrons. The van der Waals surface area contributed by atoms with Gasteiger partial charge < -0.3 is 4.74 Å². The summed E-state index contributed by atoms with van der Waals surface area (Å²) in [6, 6.07) is 5.19. The number of benzene rings is 1. The molecule has 0 spiro atoms.